The zero-order valence-corrected chi connectivity index (χ0v) is 8.68. The second-order valence-electron chi connectivity index (χ2n) is 1.76. The van der Waals surface area contributed by atoms with E-state index >= 15 is 0 Å². The van der Waals surface area contributed by atoms with E-state index in [9.17, 15) is 0 Å². The van der Waals surface area contributed by atoms with Gasteiger partial charge in [-0.2, -0.15) is 0 Å². The van der Waals surface area contributed by atoms with Crippen molar-refractivity contribution in [3.8, 4) is 0 Å². The van der Waals surface area contributed by atoms with Crippen LogP contribution in [0.5, 0.6) is 0 Å². The summed E-state index contributed by atoms with van der Waals surface area (Å²) in [6.45, 7) is 10.1. The average molecular weight is 155 g/mol. The zero-order valence-electron chi connectivity index (χ0n) is 8.68. The van der Waals surface area contributed by atoms with E-state index < -0.39 is 0 Å². The molecule has 0 radical (unpaired) electrons. The molecule has 1 aromatic rings. The topological polar surface area (TPSA) is 4.93 Å². The van der Waals surface area contributed by atoms with E-state index in [0.717, 1.165) is 0 Å². The van der Waals surface area contributed by atoms with Crippen molar-refractivity contribution in [2.24, 2.45) is 7.05 Å². The average Bonchev–Trinajstić information content (AvgIpc) is 2.44. The lowest BCUT2D eigenvalue weighted by atomic mass is 10.5. The van der Waals surface area contributed by atoms with Gasteiger partial charge in [-0.15, -0.1) is 0 Å². The Morgan fingerprint density at radius 1 is 1.09 bits per heavy atom. The number of aryl methyl sites for hydroxylation is 2. The summed E-state index contributed by atoms with van der Waals surface area (Å²) in [5.41, 5.74) is 1.31. The van der Waals surface area contributed by atoms with Crippen LogP contribution in [-0.2, 0) is 7.05 Å². The lowest BCUT2D eigenvalue weighted by molar-refractivity contribution is 0.882. The first-order valence-corrected chi connectivity index (χ1v) is 4.38. The van der Waals surface area contributed by atoms with Crippen molar-refractivity contribution in [1.82, 2.24) is 4.57 Å². The lowest BCUT2D eigenvalue weighted by Crippen LogP contribution is -1.84. The Morgan fingerprint density at radius 2 is 1.55 bits per heavy atom. The van der Waals surface area contributed by atoms with Crippen molar-refractivity contribution >= 4 is 0 Å². The summed E-state index contributed by atoms with van der Waals surface area (Å²) in [5, 5.41) is 0. The minimum atomic E-state index is 1.31. The Bertz CT molecular complexity index is 137. The highest BCUT2D eigenvalue weighted by Gasteiger charge is 1.81. The van der Waals surface area contributed by atoms with Crippen LogP contribution >= 0.6 is 0 Å². The Morgan fingerprint density at radius 3 is 1.64 bits per heavy atom. The van der Waals surface area contributed by atoms with Crippen molar-refractivity contribution < 1.29 is 0 Å². The molecule has 11 heavy (non-hydrogen) atoms. The molecule has 0 fully saturated rings. The van der Waals surface area contributed by atoms with Gasteiger partial charge in [0, 0.05) is 18.9 Å². The van der Waals surface area contributed by atoms with E-state index in [-0.39, 0.29) is 0 Å². The standard InChI is InChI=1S/C6H9N.2C2H6/c1-6-4-3-5-7(6)2;2*1-2/h3-5H,1-2H3;2*1-2H3. The van der Waals surface area contributed by atoms with Gasteiger partial charge in [-0.05, 0) is 19.1 Å². The number of aromatic nitrogens is 1. The quantitative estimate of drug-likeness (QED) is 0.541. The van der Waals surface area contributed by atoms with Crippen LogP contribution in [0.3, 0.4) is 0 Å². The minimum Gasteiger partial charge on any atom is -0.355 e. The lowest BCUT2D eigenvalue weighted by Gasteiger charge is -1.89. The highest BCUT2D eigenvalue weighted by atomic mass is 14.9. The Hall–Kier alpha value is -0.720. The summed E-state index contributed by atoms with van der Waals surface area (Å²) in [7, 11) is 2.04. The van der Waals surface area contributed by atoms with Crippen LogP contribution in [0, 0.1) is 6.92 Å². The minimum absolute atomic E-state index is 1.31. The molecule has 0 amide bonds. The van der Waals surface area contributed by atoms with Crippen LogP contribution in [0.25, 0.3) is 0 Å². The van der Waals surface area contributed by atoms with Crippen LogP contribution < -0.4 is 0 Å². The highest BCUT2D eigenvalue weighted by molar-refractivity contribution is 5.02. The van der Waals surface area contributed by atoms with Gasteiger partial charge in [-0.3, -0.25) is 0 Å². The van der Waals surface area contributed by atoms with Crippen LogP contribution in [0.1, 0.15) is 33.4 Å². The van der Waals surface area contributed by atoms with Crippen molar-refractivity contribution in [2.45, 2.75) is 34.6 Å². The van der Waals surface area contributed by atoms with E-state index in [2.05, 4.69) is 17.6 Å². The summed E-state index contributed by atoms with van der Waals surface area (Å²) in [6.07, 6.45) is 2.04. The second-order valence-corrected chi connectivity index (χ2v) is 1.76. The third-order valence-electron chi connectivity index (χ3n) is 1.20. The fourth-order valence-corrected chi connectivity index (χ4v) is 0.547. The van der Waals surface area contributed by atoms with Crippen molar-refractivity contribution in [3.63, 3.8) is 0 Å². The van der Waals surface area contributed by atoms with E-state index in [1.807, 2.05) is 47.0 Å². The van der Waals surface area contributed by atoms with Crippen LogP contribution in [-0.4, -0.2) is 4.57 Å². The Labute approximate surface area is 71.1 Å². The predicted molar refractivity (Wildman–Crippen MR) is 52.8 cm³/mol. The molecule has 0 aliphatic carbocycles. The van der Waals surface area contributed by atoms with E-state index in [1.54, 1.807) is 0 Å². The van der Waals surface area contributed by atoms with Gasteiger partial charge < -0.3 is 4.57 Å². The maximum atomic E-state index is 2.08. The van der Waals surface area contributed by atoms with E-state index in [1.165, 1.54) is 5.69 Å². The first-order chi connectivity index (χ1) is 5.30. The predicted octanol–water partition coefficient (Wildman–Crippen LogP) is 3.39. The smallest absolute Gasteiger partial charge is 0.0140 e. The summed E-state index contributed by atoms with van der Waals surface area (Å²) in [6, 6.07) is 4.12. The third-order valence-corrected chi connectivity index (χ3v) is 1.20. The Kier molecular flexibility index (Phi) is 10.9. The molecule has 1 aromatic heterocycles. The van der Waals surface area contributed by atoms with Gasteiger partial charge in [0.1, 0.15) is 0 Å². The first-order valence-electron chi connectivity index (χ1n) is 4.38. The van der Waals surface area contributed by atoms with Gasteiger partial charge in [0.05, 0.1) is 0 Å². The molecule has 0 spiro atoms. The number of hydrogen-bond acceptors (Lipinski definition) is 0. The fraction of sp³-hybridized carbons (Fsp3) is 0.600. The number of hydrogen-bond donors (Lipinski definition) is 0. The summed E-state index contributed by atoms with van der Waals surface area (Å²) >= 11 is 0. The third kappa shape index (κ3) is 5.71. The Balaban J connectivity index is 0. The molecule has 0 N–H and O–H groups in total. The normalized spacial score (nSPS) is 7.09. The first kappa shape index (κ1) is 12.9. The largest absolute Gasteiger partial charge is 0.355 e. The molecule has 0 bridgehead atoms. The molecule has 1 heteroatoms. The molecular weight excluding hydrogens is 134 g/mol. The molecular formula is C10H21N. The van der Waals surface area contributed by atoms with Crippen molar-refractivity contribution in [1.29, 1.82) is 0 Å². The summed E-state index contributed by atoms with van der Waals surface area (Å²) < 4.78 is 2.08. The fourth-order valence-electron chi connectivity index (χ4n) is 0.547. The van der Waals surface area contributed by atoms with Gasteiger partial charge in [0.25, 0.3) is 0 Å². The second kappa shape index (κ2) is 9.28. The molecule has 1 rings (SSSR count). The van der Waals surface area contributed by atoms with Gasteiger partial charge in [0.15, 0.2) is 0 Å². The van der Waals surface area contributed by atoms with Gasteiger partial charge in [-0.25, -0.2) is 0 Å². The maximum Gasteiger partial charge on any atom is 0.0140 e. The SMILES string of the molecule is CC.CC.Cc1cccn1C. The number of nitrogens with zero attached hydrogens (tertiary/aromatic N) is 1. The van der Waals surface area contributed by atoms with Gasteiger partial charge in [0.2, 0.25) is 0 Å². The van der Waals surface area contributed by atoms with Crippen molar-refractivity contribution in [2.75, 3.05) is 0 Å². The van der Waals surface area contributed by atoms with E-state index in [0.29, 0.717) is 0 Å². The molecule has 1 nitrogen and oxygen atoms in total. The summed E-state index contributed by atoms with van der Waals surface area (Å²) in [4.78, 5) is 0. The molecule has 66 valence electrons. The molecule has 1 heterocycles. The van der Waals surface area contributed by atoms with E-state index in [4.69, 9.17) is 0 Å². The monoisotopic (exact) mass is 155 g/mol. The maximum absolute atomic E-state index is 2.08. The molecule has 0 saturated heterocycles. The number of rotatable bonds is 0. The highest BCUT2D eigenvalue weighted by Crippen LogP contribution is 1.93. The molecule has 0 aliphatic heterocycles. The molecule has 0 atom stereocenters. The van der Waals surface area contributed by atoms with Crippen LogP contribution in [0.15, 0.2) is 18.3 Å². The van der Waals surface area contributed by atoms with Crippen LogP contribution in [0.4, 0.5) is 0 Å². The zero-order chi connectivity index (χ0) is 9.28. The molecule has 0 unspecified atom stereocenters. The van der Waals surface area contributed by atoms with Crippen molar-refractivity contribution in [3.05, 3.63) is 24.0 Å². The van der Waals surface area contributed by atoms with Crippen LogP contribution in [0.2, 0.25) is 0 Å². The molecule has 0 aliphatic rings. The molecule has 0 saturated carbocycles. The van der Waals surface area contributed by atoms with Gasteiger partial charge in [-0.1, -0.05) is 27.7 Å². The van der Waals surface area contributed by atoms with Gasteiger partial charge >= 0.3 is 0 Å². The summed E-state index contributed by atoms with van der Waals surface area (Å²) in [5.74, 6) is 0. The molecule has 0 aromatic carbocycles.